The molecule has 122 valence electrons. The topological polar surface area (TPSA) is 64.4 Å². The number of hydrogen-bond donors (Lipinski definition) is 1. The number of rotatable bonds is 5. The quantitative estimate of drug-likeness (QED) is 0.570. The van der Waals surface area contributed by atoms with E-state index in [1.54, 1.807) is 25.1 Å². The van der Waals surface area contributed by atoms with Crippen molar-refractivity contribution in [1.29, 1.82) is 0 Å². The van der Waals surface area contributed by atoms with Gasteiger partial charge in [-0.05, 0) is 36.5 Å². The first-order valence-electron chi connectivity index (χ1n) is 7.22. The Morgan fingerprint density at radius 2 is 1.71 bits per heavy atom. The Morgan fingerprint density at radius 3 is 2.46 bits per heavy atom. The number of aromatic nitrogens is 3. The molecule has 0 amide bonds. The number of ether oxygens (including phenoxy) is 2. The van der Waals surface area contributed by atoms with Crippen LogP contribution in [-0.2, 0) is 0 Å². The van der Waals surface area contributed by atoms with Gasteiger partial charge in [-0.15, -0.1) is 0 Å². The summed E-state index contributed by atoms with van der Waals surface area (Å²) in [6.45, 7) is 0. The van der Waals surface area contributed by atoms with Gasteiger partial charge < -0.3 is 9.47 Å². The van der Waals surface area contributed by atoms with Crippen molar-refractivity contribution in [3.05, 3.63) is 58.9 Å². The van der Waals surface area contributed by atoms with Gasteiger partial charge in [-0.2, -0.15) is 14.9 Å². The second-order valence-electron chi connectivity index (χ2n) is 4.85. The molecule has 1 aromatic heterocycles. The minimum atomic E-state index is 0.391. The van der Waals surface area contributed by atoms with Gasteiger partial charge in [0.05, 0.1) is 26.0 Å². The summed E-state index contributed by atoms with van der Waals surface area (Å²) in [5.74, 6) is 2.00. The third-order valence-corrected chi connectivity index (χ3v) is 3.71. The molecule has 3 aromatic rings. The van der Waals surface area contributed by atoms with E-state index in [0.717, 1.165) is 16.9 Å². The van der Waals surface area contributed by atoms with Crippen LogP contribution in [0.5, 0.6) is 11.5 Å². The lowest BCUT2D eigenvalue weighted by atomic mass is 10.2. The second-order valence-corrected chi connectivity index (χ2v) is 5.24. The molecule has 0 atom stereocenters. The Kier molecular flexibility index (Phi) is 4.72. The molecule has 0 saturated carbocycles. The van der Waals surface area contributed by atoms with Gasteiger partial charge in [0.25, 0.3) is 0 Å². The minimum Gasteiger partial charge on any atom is -0.496 e. The van der Waals surface area contributed by atoms with Crippen LogP contribution in [0.4, 0.5) is 0 Å². The van der Waals surface area contributed by atoms with E-state index in [-0.39, 0.29) is 0 Å². The van der Waals surface area contributed by atoms with E-state index >= 15 is 0 Å². The van der Waals surface area contributed by atoms with Crippen molar-refractivity contribution in [1.82, 2.24) is 14.9 Å². The SMILES string of the molecule is COc1ccccc1/C=N\n1c(-c2ccccc2OC)n[nH]c1=S. The number of H-pyrrole nitrogens is 1. The zero-order valence-corrected chi connectivity index (χ0v) is 14.1. The van der Waals surface area contributed by atoms with Gasteiger partial charge >= 0.3 is 0 Å². The number of benzene rings is 2. The molecule has 1 heterocycles. The monoisotopic (exact) mass is 340 g/mol. The number of nitrogens with zero attached hydrogens (tertiary/aromatic N) is 3. The van der Waals surface area contributed by atoms with Crippen LogP contribution in [0.1, 0.15) is 5.56 Å². The Morgan fingerprint density at radius 1 is 1.04 bits per heavy atom. The van der Waals surface area contributed by atoms with E-state index in [4.69, 9.17) is 21.7 Å². The number of methoxy groups -OCH3 is 2. The number of nitrogens with one attached hydrogen (secondary N) is 1. The van der Waals surface area contributed by atoms with Crippen molar-refractivity contribution in [3.8, 4) is 22.9 Å². The van der Waals surface area contributed by atoms with Crippen LogP contribution in [0.3, 0.4) is 0 Å². The maximum atomic E-state index is 5.39. The fourth-order valence-electron chi connectivity index (χ4n) is 2.30. The van der Waals surface area contributed by atoms with Crippen molar-refractivity contribution in [2.75, 3.05) is 14.2 Å². The second kappa shape index (κ2) is 7.10. The summed E-state index contributed by atoms with van der Waals surface area (Å²) in [5.41, 5.74) is 1.64. The van der Waals surface area contributed by atoms with Gasteiger partial charge in [-0.3, -0.25) is 0 Å². The van der Waals surface area contributed by atoms with E-state index < -0.39 is 0 Å². The summed E-state index contributed by atoms with van der Waals surface area (Å²) in [7, 11) is 3.24. The van der Waals surface area contributed by atoms with Crippen molar-refractivity contribution in [2.45, 2.75) is 0 Å². The van der Waals surface area contributed by atoms with Gasteiger partial charge in [0.2, 0.25) is 4.77 Å². The van der Waals surface area contributed by atoms with Gasteiger partial charge in [-0.25, -0.2) is 5.10 Å². The summed E-state index contributed by atoms with van der Waals surface area (Å²) in [6.07, 6.45) is 1.68. The smallest absolute Gasteiger partial charge is 0.216 e. The third-order valence-electron chi connectivity index (χ3n) is 3.45. The number of hydrogen-bond acceptors (Lipinski definition) is 5. The highest BCUT2D eigenvalue weighted by atomic mass is 32.1. The van der Waals surface area contributed by atoms with E-state index in [1.807, 2.05) is 48.5 Å². The van der Waals surface area contributed by atoms with E-state index in [1.165, 1.54) is 0 Å². The molecule has 0 radical (unpaired) electrons. The fraction of sp³-hybridized carbons (Fsp3) is 0.118. The lowest BCUT2D eigenvalue weighted by molar-refractivity contribution is 0.414. The third kappa shape index (κ3) is 3.07. The van der Waals surface area contributed by atoms with Crippen LogP contribution in [-0.4, -0.2) is 35.3 Å². The van der Waals surface area contributed by atoms with Crippen LogP contribution in [0.2, 0.25) is 0 Å². The Hall–Kier alpha value is -2.93. The van der Waals surface area contributed by atoms with Crippen LogP contribution in [0.25, 0.3) is 11.4 Å². The van der Waals surface area contributed by atoms with Gasteiger partial charge in [0, 0.05) is 5.56 Å². The molecule has 1 N–H and O–H groups in total. The predicted octanol–water partition coefficient (Wildman–Crippen LogP) is 3.51. The van der Waals surface area contributed by atoms with Gasteiger partial charge in [0.1, 0.15) is 11.5 Å². The molecular formula is C17H16N4O2S. The highest BCUT2D eigenvalue weighted by Gasteiger charge is 2.12. The Balaban J connectivity index is 2.05. The first-order chi connectivity index (χ1) is 11.7. The van der Waals surface area contributed by atoms with Crippen LogP contribution in [0, 0.1) is 4.77 Å². The molecule has 24 heavy (non-hydrogen) atoms. The highest BCUT2D eigenvalue weighted by Crippen LogP contribution is 2.28. The maximum absolute atomic E-state index is 5.39. The molecule has 0 bridgehead atoms. The van der Waals surface area contributed by atoms with Crippen molar-refractivity contribution in [2.24, 2.45) is 5.10 Å². The summed E-state index contributed by atoms with van der Waals surface area (Å²) in [4.78, 5) is 0. The van der Waals surface area contributed by atoms with E-state index in [2.05, 4.69) is 15.3 Å². The standard InChI is InChI=1S/C17H16N4O2S/c1-22-14-9-5-3-7-12(14)11-18-21-16(19-20-17(21)24)13-8-4-6-10-15(13)23-2/h3-11H,1-2H3,(H,20,24)/b18-11-. The van der Waals surface area contributed by atoms with E-state index in [0.29, 0.717) is 16.3 Å². The van der Waals surface area contributed by atoms with Crippen molar-refractivity contribution in [3.63, 3.8) is 0 Å². The summed E-state index contributed by atoms with van der Waals surface area (Å²) in [5, 5.41) is 11.5. The zero-order chi connectivity index (χ0) is 16.9. The summed E-state index contributed by atoms with van der Waals surface area (Å²) >= 11 is 5.29. The van der Waals surface area contributed by atoms with Crippen molar-refractivity contribution >= 4 is 18.4 Å². The predicted molar refractivity (Wildman–Crippen MR) is 95.4 cm³/mol. The molecule has 0 aliphatic carbocycles. The molecule has 0 fully saturated rings. The molecule has 0 aliphatic heterocycles. The lowest BCUT2D eigenvalue weighted by Crippen LogP contribution is -1.98. The molecule has 0 spiro atoms. The molecular weight excluding hydrogens is 324 g/mol. The molecule has 0 unspecified atom stereocenters. The van der Waals surface area contributed by atoms with Gasteiger partial charge in [0.15, 0.2) is 5.82 Å². The maximum Gasteiger partial charge on any atom is 0.216 e. The Labute approximate surface area is 144 Å². The average Bonchev–Trinajstić information content (AvgIpc) is 3.00. The molecule has 6 nitrogen and oxygen atoms in total. The minimum absolute atomic E-state index is 0.391. The molecule has 3 rings (SSSR count). The van der Waals surface area contributed by atoms with Crippen molar-refractivity contribution < 1.29 is 9.47 Å². The van der Waals surface area contributed by atoms with Crippen LogP contribution >= 0.6 is 12.2 Å². The lowest BCUT2D eigenvalue weighted by Gasteiger charge is -2.07. The first kappa shape index (κ1) is 15.9. The first-order valence-corrected chi connectivity index (χ1v) is 7.63. The summed E-state index contributed by atoms with van der Waals surface area (Å²) < 4.78 is 12.7. The van der Waals surface area contributed by atoms with Crippen LogP contribution < -0.4 is 9.47 Å². The molecule has 0 saturated heterocycles. The Bertz CT molecular complexity index is 930. The average molecular weight is 340 g/mol. The largest absolute Gasteiger partial charge is 0.496 e. The molecule has 7 heteroatoms. The number of aromatic amines is 1. The van der Waals surface area contributed by atoms with Crippen LogP contribution in [0.15, 0.2) is 53.6 Å². The number of para-hydroxylation sites is 2. The zero-order valence-electron chi connectivity index (χ0n) is 13.3. The van der Waals surface area contributed by atoms with Gasteiger partial charge in [-0.1, -0.05) is 24.3 Å². The normalized spacial score (nSPS) is 10.9. The fourth-order valence-corrected chi connectivity index (χ4v) is 2.47. The molecule has 2 aromatic carbocycles. The highest BCUT2D eigenvalue weighted by molar-refractivity contribution is 7.71. The summed E-state index contributed by atoms with van der Waals surface area (Å²) in [6, 6.07) is 15.2. The molecule has 0 aliphatic rings. The van der Waals surface area contributed by atoms with E-state index in [9.17, 15) is 0 Å².